The van der Waals surface area contributed by atoms with E-state index in [0.29, 0.717) is 13.1 Å². The minimum Gasteiger partial charge on any atom is -0.343 e. The van der Waals surface area contributed by atoms with Crippen molar-refractivity contribution in [2.24, 2.45) is 5.84 Å². The van der Waals surface area contributed by atoms with Crippen LogP contribution < -0.4 is 11.3 Å². The lowest BCUT2D eigenvalue weighted by molar-refractivity contribution is -0.134. The predicted octanol–water partition coefficient (Wildman–Crippen LogP) is -0.507. The minimum absolute atomic E-state index is 0.133. The Hall–Kier alpha value is -1.92. The summed E-state index contributed by atoms with van der Waals surface area (Å²) in [7, 11) is 1.82. The number of carbonyl (C=O) groups excluding carboxylic acids is 2. The monoisotopic (exact) mass is 276 g/mol. The molecule has 1 saturated heterocycles. The molecular formula is C14H20N4O2. The van der Waals surface area contributed by atoms with Crippen LogP contribution in [0.4, 0.5) is 0 Å². The standard InChI is InChI=1S/C14H20N4O2/c1-17-6-7-18(10-14(17)20)9-12-5-3-2-4-11(12)8-13(19)16-15/h2-5H,6-10,15H2,1H3,(H,16,19). The van der Waals surface area contributed by atoms with E-state index in [9.17, 15) is 9.59 Å². The maximum Gasteiger partial charge on any atom is 0.238 e. The Kier molecular flexibility index (Phi) is 4.70. The van der Waals surface area contributed by atoms with Crippen LogP contribution in [0, 0.1) is 0 Å². The summed E-state index contributed by atoms with van der Waals surface area (Å²) >= 11 is 0. The third-order valence-electron chi connectivity index (χ3n) is 3.56. The van der Waals surface area contributed by atoms with Crippen molar-refractivity contribution < 1.29 is 9.59 Å². The van der Waals surface area contributed by atoms with E-state index in [4.69, 9.17) is 5.84 Å². The maximum absolute atomic E-state index is 11.7. The van der Waals surface area contributed by atoms with Crippen LogP contribution in [0.15, 0.2) is 24.3 Å². The number of nitrogens with one attached hydrogen (secondary N) is 1. The molecule has 0 unspecified atom stereocenters. The molecule has 1 fully saturated rings. The van der Waals surface area contributed by atoms with E-state index in [-0.39, 0.29) is 18.2 Å². The third-order valence-corrected chi connectivity index (χ3v) is 3.56. The Balaban J connectivity index is 2.05. The van der Waals surface area contributed by atoms with Crippen molar-refractivity contribution in [1.29, 1.82) is 0 Å². The van der Waals surface area contributed by atoms with Crippen molar-refractivity contribution in [2.75, 3.05) is 26.7 Å². The summed E-state index contributed by atoms with van der Waals surface area (Å²) in [6, 6.07) is 7.75. The first-order chi connectivity index (χ1) is 9.60. The molecule has 20 heavy (non-hydrogen) atoms. The minimum atomic E-state index is -0.216. The lowest BCUT2D eigenvalue weighted by Crippen LogP contribution is -2.48. The quantitative estimate of drug-likeness (QED) is 0.441. The normalized spacial score (nSPS) is 16.3. The van der Waals surface area contributed by atoms with Crippen LogP contribution in [0.2, 0.25) is 0 Å². The predicted molar refractivity (Wildman–Crippen MR) is 75.4 cm³/mol. The Morgan fingerprint density at radius 1 is 1.30 bits per heavy atom. The highest BCUT2D eigenvalue weighted by Gasteiger charge is 2.21. The molecule has 1 heterocycles. The molecule has 108 valence electrons. The smallest absolute Gasteiger partial charge is 0.238 e. The van der Waals surface area contributed by atoms with E-state index in [1.807, 2.05) is 31.3 Å². The van der Waals surface area contributed by atoms with Gasteiger partial charge in [0.1, 0.15) is 0 Å². The van der Waals surface area contributed by atoms with E-state index in [1.165, 1.54) is 0 Å². The van der Waals surface area contributed by atoms with Crippen LogP contribution in [0.5, 0.6) is 0 Å². The molecule has 1 aromatic carbocycles. The molecule has 0 bridgehead atoms. The average Bonchev–Trinajstić information content (AvgIpc) is 2.45. The molecule has 1 aliphatic rings. The van der Waals surface area contributed by atoms with Crippen molar-refractivity contribution in [2.45, 2.75) is 13.0 Å². The molecular weight excluding hydrogens is 256 g/mol. The topological polar surface area (TPSA) is 78.7 Å². The number of amides is 2. The van der Waals surface area contributed by atoms with E-state index < -0.39 is 0 Å². The number of hydrazine groups is 1. The Bertz CT molecular complexity index is 504. The molecule has 0 atom stereocenters. The Morgan fingerprint density at radius 2 is 2.00 bits per heavy atom. The van der Waals surface area contributed by atoms with Gasteiger partial charge in [0, 0.05) is 26.7 Å². The third kappa shape index (κ3) is 3.55. The SMILES string of the molecule is CN1CCN(Cc2ccccc2CC(=O)NN)CC1=O. The van der Waals surface area contributed by atoms with Gasteiger partial charge in [0.25, 0.3) is 0 Å². The van der Waals surface area contributed by atoms with Gasteiger partial charge in [-0.2, -0.15) is 0 Å². The van der Waals surface area contributed by atoms with E-state index >= 15 is 0 Å². The summed E-state index contributed by atoms with van der Waals surface area (Å²) < 4.78 is 0. The van der Waals surface area contributed by atoms with Gasteiger partial charge < -0.3 is 4.90 Å². The first-order valence-electron chi connectivity index (χ1n) is 6.62. The highest BCUT2D eigenvalue weighted by atomic mass is 16.2. The average molecular weight is 276 g/mol. The van der Waals surface area contributed by atoms with Crippen molar-refractivity contribution in [1.82, 2.24) is 15.2 Å². The Labute approximate surface area is 118 Å². The van der Waals surface area contributed by atoms with Gasteiger partial charge in [-0.15, -0.1) is 0 Å². The molecule has 6 heteroatoms. The lowest BCUT2D eigenvalue weighted by Gasteiger charge is -2.32. The number of benzene rings is 1. The van der Waals surface area contributed by atoms with Gasteiger partial charge in [-0.25, -0.2) is 5.84 Å². The molecule has 0 aliphatic carbocycles. The lowest BCUT2D eigenvalue weighted by atomic mass is 10.0. The van der Waals surface area contributed by atoms with Crippen LogP contribution in [0.25, 0.3) is 0 Å². The zero-order valence-corrected chi connectivity index (χ0v) is 11.6. The Morgan fingerprint density at radius 3 is 2.65 bits per heavy atom. The molecule has 2 rings (SSSR count). The molecule has 3 N–H and O–H groups in total. The molecule has 0 aromatic heterocycles. The second-order valence-corrected chi connectivity index (χ2v) is 5.04. The number of likely N-dealkylation sites (N-methyl/N-ethyl adjacent to an activating group) is 1. The maximum atomic E-state index is 11.7. The molecule has 1 aromatic rings. The molecule has 2 amide bonds. The number of hydrogen-bond donors (Lipinski definition) is 2. The fourth-order valence-corrected chi connectivity index (χ4v) is 2.29. The van der Waals surface area contributed by atoms with Gasteiger partial charge in [0.15, 0.2) is 0 Å². The second kappa shape index (κ2) is 6.49. The van der Waals surface area contributed by atoms with Gasteiger partial charge in [-0.05, 0) is 11.1 Å². The van der Waals surface area contributed by atoms with E-state index in [1.54, 1.807) is 4.90 Å². The zero-order chi connectivity index (χ0) is 14.5. The summed E-state index contributed by atoms with van der Waals surface area (Å²) in [5.74, 6) is 5.04. The van der Waals surface area contributed by atoms with Crippen LogP contribution >= 0.6 is 0 Å². The van der Waals surface area contributed by atoms with Gasteiger partial charge in [-0.1, -0.05) is 24.3 Å². The largest absolute Gasteiger partial charge is 0.343 e. The summed E-state index contributed by atoms with van der Waals surface area (Å²) in [6.45, 7) is 2.69. The number of rotatable bonds is 4. The number of hydrogen-bond acceptors (Lipinski definition) is 4. The second-order valence-electron chi connectivity index (χ2n) is 5.04. The van der Waals surface area contributed by atoms with Gasteiger partial charge in [-0.3, -0.25) is 19.9 Å². The van der Waals surface area contributed by atoms with Crippen LogP contribution in [0.1, 0.15) is 11.1 Å². The van der Waals surface area contributed by atoms with Gasteiger partial charge >= 0.3 is 0 Å². The fourth-order valence-electron chi connectivity index (χ4n) is 2.29. The summed E-state index contributed by atoms with van der Waals surface area (Å²) in [4.78, 5) is 27.0. The number of piperazine rings is 1. The summed E-state index contributed by atoms with van der Waals surface area (Å²) in [5.41, 5.74) is 4.15. The number of nitrogens with zero attached hydrogens (tertiary/aromatic N) is 2. The highest BCUT2D eigenvalue weighted by molar-refractivity contribution is 5.79. The van der Waals surface area contributed by atoms with Crippen LogP contribution in [-0.2, 0) is 22.6 Å². The molecule has 0 spiro atoms. The zero-order valence-electron chi connectivity index (χ0n) is 11.6. The van der Waals surface area contributed by atoms with Crippen molar-refractivity contribution >= 4 is 11.8 Å². The van der Waals surface area contributed by atoms with Crippen molar-refractivity contribution in [3.05, 3.63) is 35.4 Å². The summed E-state index contributed by atoms with van der Waals surface area (Å²) in [5, 5.41) is 0. The highest BCUT2D eigenvalue weighted by Crippen LogP contribution is 2.14. The van der Waals surface area contributed by atoms with Crippen LogP contribution in [0.3, 0.4) is 0 Å². The number of carbonyl (C=O) groups is 2. The number of nitrogens with two attached hydrogens (primary N) is 1. The molecule has 1 aliphatic heterocycles. The van der Waals surface area contributed by atoms with E-state index in [2.05, 4.69) is 10.3 Å². The first kappa shape index (κ1) is 14.5. The molecule has 0 saturated carbocycles. The fraction of sp³-hybridized carbons (Fsp3) is 0.429. The van der Waals surface area contributed by atoms with Crippen molar-refractivity contribution in [3.63, 3.8) is 0 Å². The first-order valence-corrected chi connectivity index (χ1v) is 6.62. The van der Waals surface area contributed by atoms with Crippen LogP contribution in [-0.4, -0.2) is 48.3 Å². The van der Waals surface area contributed by atoms with Crippen molar-refractivity contribution in [3.8, 4) is 0 Å². The van der Waals surface area contributed by atoms with Gasteiger partial charge in [0.05, 0.1) is 13.0 Å². The molecule has 0 radical (unpaired) electrons. The summed E-state index contributed by atoms with van der Waals surface area (Å²) in [6.07, 6.45) is 0.258. The molecule has 6 nitrogen and oxygen atoms in total. The van der Waals surface area contributed by atoms with Gasteiger partial charge in [0.2, 0.25) is 11.8 Å². The van der Waals surface area contributed by atoms with E-state index in [0.717, 1.165) is 24.2 Å².